The molecule has 0 fully saturated rings. The highest BCUT2D eigenvalue weighted by Crippen LogP contribution is 2.18. The number of rotatable bonds is 2. The van der Waals surface area contributed by atoms with Gasteiger partial charge in [-0.1, -0.05) is 18.2 Å². The molecule has 0 spiro atoms. The molecule has 3 heteroatoms. The first-order chi connectivity index (χ1) is 6.25. The lowest BCUT2D eigenvalue weighted by Gasteiger charge is -1.86. The van der Waals surface area contributed by atoms with E-state index < -0.39 is 5.97 Å². The number of fused-ring (bicyclic) bond motifs is 1. The second-order valence-electron chi connectivity index (χ2n) is 2.82. The SMILES string of the molecule is O=C(O)Cc1cc2ccccc2o1. The topological polar surface area (TPSA) is 50.4 Å². The van der Waals surface area contributed by atoms with Crippen molar-refractivity contribution in [3.8, 4) is 0 Å². The fraction of sp³-hybridized carbons (Fsp3) is 0.100. The lowest BCUT2D eigenvalue weighted by atomic mass is 10.2. The molecule has 1 N–H and O–H groups in total. The Labute approximate surface area is 74.6 Å². The maximum absolute atomic E-state index is 10.4. The summed E-state index contributed by atoms with van der Waals surface area (Å²) in [6.45, 7) is 0. The van der Waals surface area contributed by atoms with Gasteiger partial charge in [-0.05, 0) is 12.1 Å². The van der Waals surface area contributed by atoms with Crippen molar-refractivity contribution in [3.63, 3.8) is 0 Å². The molecule has 0 atom stereocenters. The fourth-order valence-electron chi connectivity index (χ4n) is 1.27. The van der Waals surface area contributed by atoms with Crippen molar-refractivity contribution in [1.29, 1.82) is 0 Å². The Kier molecular flexibility index (Phi) is 1.77. The molecule has 1 aromatic heterocycles. The van der Waals surface area contributed by atoms with Gasteiger partial charge in [0, 0.05) is 5.39 Å². The average molecular weight is 176 g/mol. The molecule has 0 amide bonds. The van der Waals surface area contributed by atoms with Crippen LogP contribution in [0.25, 0.3) is 11.0 Å². The normalized spacial score (nSPS) is 10.5. The highest BCUT2D eigenvalue weighted by Gasteiger charge is 2.06. The van der Waals surface area contributed by atoms with E-state index in [2.05, 4.69) is 0 Å². The van der Waals surface area contributed by atoms with Crippen molar-refractivity contribution >= 4 is 16.9 Å². The Morgan fingerprint density at radius 1 is 1.38 bits per heavy atom. The van der Waals surface area contributed by atoms with Crippen LogP contribution < -0.4 is 0 Å². The van der Waals surface area contributed by atoms with E-state index >= 15 is 0 Å². The Morgan fingerprint density at radius 3 is 2.85 bits per heavy atom. The third-order valence-electron chi connectivity index (χ3n) is 1.80. The summed E-state index contributed by atoms with van der Waals surface area (Å²) >= 11 is 0. The summed E-state index contributed by atoms with van der Waals surface area (Å²) in [6, 6.07) is 9.22. The van der Waals surface area contributed by atoms with Gasteiger partial charge in [-0.2, -0.15) is 0 Å². The van der Waals surface area contributed by atoms with Crippen molar-refractivity contribution < 1.29 is 14.3 Å². The van der Waals surface area contributed by atoms with Crippen LogP contribution in [0.15, 0.2) is 34.7 Å². The molecule has 0 saturated heterocycles. The number of para-hydroxylation sites is 1. The molecule has 0 aliphatic carbocycles. The zero-order valence-corrected chi connectivity index (χ0v) is 6.86. The molecule has 2 aromatic rings. The molecule has 0 radical (unpaired) electrons. The number of carboxylic acids is 1. The molecule has 66 valence electrons. The summed E-state index contributed by atoms with van der Waals surface area (Å²) in [5.41, 5.74) is 0.735. The molecular formula is C10H8O3. The second kappa shape index (κ2) is 2.94. The summed E-state index contributed by atoms with van der Waals surface area (Å²) in [7, 11) is 0. The molecule has 1 aromatic carbocycles. The number of aliphatic carboxylic acids is 1. The zero-order chi connectivity index (χ0) is 9.26. The minimum absolute atomic E-state index is 0.0608. The summed E-state index contributed by atoms with van der Waals surface area (Å²) in [5.74, 6) is -0.382. The third-order valence-corrected chi connectivity index (χ3v) is 1.80. The van der Waals surface area contributed by atoms with E-state index in [0.29, 0.717) is 5.76 Å². The quantitative estimate of drug-likeness (QED) is 0.761. The molecule has 0 saturated carbocycles. The molecular weight excluding hydrogens is 168 g/mol. The molecule has 0 aliphatic rings. The molecule has 0 aliphatic heterocycles. The first-order valence-corrected chi connectivity index (χ1v) is 3.95. The Hall–Kier alpha value is -1.77. The van der Waals surface area contributed by atoms with Crippen LogP contribution in [0.5, 0.6) is 0 Å². The fourth-order valence-corrected chi connectivity index (χ4v) is 1.27. The van der Waals surface area contributed by atoms with E-state index in [0.717, 1.165) is 11.0 Å². The molecule has 1 heterocycles. The summed E-state index contributed by atoms with van der Waals surface area (Å²) in [6.07, 6.45) is -0.0608. The molecule has 2 rings (SSSR count). The van der Waals surface area contributed by atoms with Gasteiger partial charge in [0.25, 0.3) is 0 Å². The highest BCUT2D eigenvalue weighted by atomic mass is 16.4. The molecule has 13 heavy (non-hydrogen) atoms. The van der Waals surface area contributed by atoms with Gasteiger partial charge in [0.15, 0.2) is 0 Å². The van der Waals surface area contributed by atoms with Crippen LogP contribution in [0.3, 0.4) is 0 Å². The number of benzene rings is 1. The van der Waals surface area contributed by atoms with Gasteiger partial charge in [0.2, 0.25) is 0 Å². The Bertz CT molecular complexity index is 409. The Morgan fingerprint density at radius 2 is 2.15 bits per heavy atom. The van der Waals surface area contributed by atoms with Crippen LogP contribution in [-0.4, -0.2) is 11.1 Å². The molecule has 0 unspecified atom stereocenters. The van der Waals surface area contributed by atoms with Gasteiger partial charge in [0.1, 0.15) is 17.8 Å². The van der Waals surface area contributed by atoms with Crippen molar-refractivity contribution in [1.82, 2.24) is 0 Å². The monoisotopic (exact) mass is 176 g/mol. The van der Waals surface area contributed by atoms with Crippen LogP contribution in [0, 0.1) is 0 Å². The third kappa shape index (κ3) is 1.54. The zero-order valence-electron chi connectivity index (χ0n) is 6.86. The number of carboxylic acid groups (broad SMARTS) is 1. The average Bonchev–Trinajstić information content (AvgIpc) is 2.44. The largest absolute Gasteiger partial charge is 0.481 e. The summed E-state index contributed by atoms with van der Waals surface area (Å²) in [5, 5.41) is 9.48. The van der Waals surface area contributed by atoms with Crippen LogP contribution in [0.4, 0.5) is 0 Å². The smallest absolute Gasteiger partial charge is 0.311 e. The van der Waals surface area contributed by atoms with Gasteiger partial charge in [-0.25, -0.2) is 0 Å². The highest BCUT2D eigenvalue weighted by molar-refractivity contribution is 5.79. The lowest BCUT2D eigenvalue weighted by molar-refractivity contribution is -0.136. The van der Waals surface area contributed by atoms with Crippen LogP contribution in [0.1, 0.15) is 5.76 Å². The molecule has 3 nitrogen and oxygen atoms in total. The Balaban J connectivity index is 2.44. The van der Waals surface area contributed by atoms with E-state index in [1.165, 1.54) is 0 Å². The predicted octanol–water partition coefficient (Wildman–Crippen LogP) is 2.06. The summed E-state index contributed by atoms with van der Waals surface area (Å²) in [4.78, 5) is 10.4. The van der Waals surface area contributed by atoms with E-state index in [9.17, 15) is 4.79 Å². The first kappa shape index (κ1) is 7.86. The van der Waals surface area contributed by atoms with E-state index in [-0.39, 0.29) is 6.42 Å². The standard InChI is InChI=1S/C10H8O3/c11-10(12)6-8-5-7-3-1-2-4-9(7)13-8/h1-5H,6H2,(H,11,12). The molecule has 0 bridgehead atoms. The van der Waals surface area contributed by atoms with Gasteiger partial charge in [-0.3, -0.25) is 4.79 Å². The van der Waals surface area contributed by atoms with Gasteiger partial charge in [-0.15, -0.1) is 0 Å². The van der Waals surface area contributed by atoms with E-state index in [1.54, 1.807) is 6.07 Å². The van der Waals surface area contributed by atoms with Crippen LogP contribution in [0.2, 0.25) is 0 Å². The van der Waals surface area contributed by atoms with E-state index in [1.807, 2.05) is 24.3 Å². The number of carbonyl (C=O) groups is 1. The maximum atomic E-state index is 10.4. The second-order valence-corrected chi connectivity index (χ2v) is 2.82. The lowest BCUT2D eigenvalue weighted by Crippen LogP contribution is -1.97. The first-order valence-electron chi connectivity index (χ1n) is 3.95. The maximum Gasteiger partial charge on any atom is 0.311 e. The summed E-state index contributed by atoms with van der Waals surface area (Å²) < 4.78 is 5.30. The number of hydrogen-bond acceptors (Lipinski definition) is 2. The minimum Gasteiger partial charge on any atom is -0.481 e. The van der Waals surface area contributed by atoms with Gasteiger partial charge < -0.3 is 9.52 Å². The van der Waals surface area contributed by atoms with Crippen molar-refractivity contribution in [2.45, 2.75) is 6.42 Å². The number of furan rings is 1. The minimum atomic E-state index is -0.876. The van der Waals surface area contributed by atoms with Gasteiger partial charge >= 0.3 is 5.97 Å². The number of hydrogen-bond donors (Lipinski definition) is 1. The van der Waals surface area contributed by atoms with Crippen molar-refractivity contribution in [3.05, 3.63) is 36.1 Å². The van der Waals surface area contributed by atoms with Crippen LogP contribution in [-0.2, 0) is 11.2 Å². The van der Waals surface area contributed by atoms with Gasteiger partial charge in [0.05, 0.1) is 0 Å². The van der Waals surface area contributed by atoms with Crippen molar-refractivity contribution in [2.75, 3.05) is 0 Å². The van der Waals surface area contributed by atoms with Crippen molar-refractivity contribution in [2.24, 2.45) is 0 Å². The van der Waals surface area contributed by atoms with E-state index in [4.69, 9.17) is 9.52 Å². The van der Waals surface area contributed by atoms with Crippen LogP contribution >= 0.6 is 0 Å². The predicted molar refractivity (Wildman–Crippen MR) is 47.6 cm³/mol.